The van der Waals surface area contributed by atoms with E-state index in [4.69, 9.17) is 23.2 Å². The van der Waals surface area contributed by atoms with Gasteiger partial charge in [-0.2, -0.15) is 0 Å². The number of allylic oxidation sites excluding steroid dienone is 4. The maximum atomic E-state index is 6.59. The van der Waals surface area contributed by atoms with Gasteiger partial charge in [0, 0.05) is 0 Å². The van der Waals surface area contributed by atoms with E-state index in [9.17, 15) is 0 Å². The molecule has 0 fully saturated rings. The van der Waals surface area contributed by atoms with Gasteiger partial charge in [-0.1, -0.05) is 0 Å². The summed E-state index contributed by atoms with van der Waals surface area (Å²) < 4.78 is 3.39. The van der Waals surface area contributed by atoms with Crippen LogP contribution in [0.4, 0.5) is 0 Å². The first-order valence-corrected chi connectivity index (χ1v) is 22.9. The molecule has 270 valence electrons. The fourth-order valence-electron chi connectivity index (χ4n) is 8.07. The SMILES string of the molecule is CCC1C=C(C(C)(C)C)C=[C]1[Zr+2](=[C](c1ccc(Cl)cc1)c1ccc(Cl)cc1)[CH]1c2cc(-c3ccccc3)ccc2-c2ccc(-c3ccccc3)cc21.[Cl-].[Cl-]. The van der Waals surface area contributed by atoms with Crippen LogP contribution in [0, 0.1) is 11.3 Å². The molecule has 2 aliphatic rings. The van der Waals surface area contributed by atoms with Crippen LogP contribution >= 0.6 is 23.2 Å². The van der Waals surface area contributed by atoms with Crippen molar-refractivity contribution >= 4 is 26.4 Å². The van der Waals surface area contributed by atoms with E-state index in [-0.39, 0.29) is 33.9 Å². The summed E-state index contributed by atoms with van der Waals surface area (Å²) in [4.78, 5) is 0. The third-order valence-corrected chi connectivity index (χ3v) is 19.8. The van der Waals surface area contributed by atoms with E-state index in [2.05, 4.69) is 185 Å². The standard InChI is InChI=1S/C25H17.C13H8Cl2.C11H17.2ClH.Zr/c1-3-7-18(8-4-1)20-11-13-24-22(15-20)17-23-16-21(12-14-25(23)24)19-9-5-2-6-10-19;14-12-5-1-10(2-6-12)9-11-3-7-13(15)8-4-11;1-5-9-6-7-10(8-9)11(2,3)4;;;/h1-17H;1-8H;7-9H,5H2,1-4H3;2*1H;/q;;;;;+2/p-2. The molecule has 8 rings (SSSR count). The molecule has 0 aromatic heterocycles. The van der Waals surface area contributed by atoms with Gasteiger partial charge in [0.25, 0.3) is 0 Å². The Labute approximate surface area is 351 Å². The van der Waals surface area contributed by atoms with Gasteiger partial charge in [0.1, 0.15) is 0 Å². The summed E-state index contributed by atoms with van der Waals surface area (Å²) in [7, 11) is 0. The van der Waals surface area contributed by atoms with Gasteiger partial charge in [0.05, 0.1) is 0 Å². The van der Waals surface area contributed by atoms with Gasteiger partial charge < -0.3 is 24.8 Å². The molecule has 5 heteroatoms. The Balaban J connectivity index is 0.00000249. The van der Waals surface area contributed by atoms with E-state index in [0.717, 1.165) is 16.5 Å². The Morgan fingerprint density at radius 2 is 1.02 bits per heavy atom. The van der Waals surface area contributed by atoms with Crippen molar-refractivity contribution in [2.45, 2.75) is 37.7 Å². The second-order valence-corrected chi connectivity index (χ2v) is 22.0. The van der Waals surface area contributed by atoms with Crippen molar-refractivity contribution in [2.75, 3.05) is 0 Å². The predicted molar refractivity (Wildman–Crippen MR) is 220 cm³/mol. The summed E-state index contributed by atoms with van der Waals surface area (Å²) in [5.74, 6) is 0.389. The van der Waals surface area contributed by atoms with Crippen LogP contribution in [0.5, 0.6) is 0 Å². The van der Waals surface area contributed by atoms with Crippen molar-refractivity contribution < 1.29 is 46.1 Å². The van der Waals surface area contributed by atoms with Gasteiger partial charge in [-0.25, -0.2) is 0 Å². The Morgan fingerprint density at radius 3 is 1.43 bits per heavy atom. The minimum Gasteiger partial charge on any atom is -1.00 e. The molecule has 0 spiro atoms. The first-order valence-electron chi connectivity index (χ1n) is 18.3. The second-order valence-electron chi connectivity index (χ2n) is 15.1. The predicted octanol–water partition coefficient (Wildman–Crippen LogP) is 8.19. The summed E-state index contributed by atoms with van der Waals surface area (Å²) >= 11 is 10.1. The van der Waals surface area contributed by atoms with E-state index < -0.39 is 21.3 Å². The minimum absolute atomic E-state index is 0. The fraction of sp³-hybridized carbons (Fsp3) is 0.163. The zero-order valence-corrected chi connectivity index (χ0v) is 36.4. The topological polar surface area (TPSA) is 0 Å². The molecule has 0 heterocycles. The first kappa shape index (κ1) is 40.4. The molecular weight excluding hydrogens is 822 g/mol. The number of benzene rings is 6. The van der Waals surface area contributed by atoms with Crippen molar-refractivity contribution in [3.8, 4) is 33.4 Å². The third kappa shape index (κ3) is 7.87. The zero-order valence-electron chi connectivity index (χ0n) is 30.9. The largest absolute Gasteiger partial charge is 1.00 e. The molecule has 0 amide bonds. The summed E-state index contributed by atoms with van der Waals surface area (Å²) in [5.41, 5.74) is 14.7. The monoisotopic (exact) mass is 860 g/mol. The van der Waals surface area contributed by atoms with Crippen LogP contribution in [0.1, 0.15) is 60.0 Å². The van der Waals surface area contributed by atoms with Crippen molar-refractivity contribution in [1.29, 1.82) is 0 Å². The molecule has 0 saturated carbocycles. The van der Waals surface area contributed by atoms with Gasteiger partial charge in [-0.3, -0.25) is 0 Å². The smallest absolute Gasteiger partial charge is 1.00 e. The van der Waals surface area contributed by atoms with Crippen LogP contribution < -0.4 is 24.8 Å². The Hall–Kier alpha value is -3.29. The average molecular weight is 864 g/mol. The first-order chi connectivity index (χ1) is 25.2. The van der Waals surface area contributed by atoms with E-state index in [1.54, 1.807) is 3.28 Å². The van der Waals surface area contributed by atoms with Crippen LogP contribution in [-0.2, 0) is 21.3 Å². The molecule has 0 nitrogen and oxygen atoms in total. The van der Waals surface area contributed by atoms with Gasteiger partial charge in [-0.15, -0.1) is 0 Å². The van der Waals surface area contributed by atoms with Crippen LogP contribution in [0.2, 0.25) is 10.0 Å². The molecule has 0 saturated heterocycles. The van der Waals surface area contributed by atoms with Crippen LogP contribution in [0.3, 0.4) is 0 Å². The molecule has 0 N–H and O–H groups in total. The second kappa shape index (κ2) is 16.8. The van der Waals surface area contributed by atoms with Gasteiger partial charge >= 0.3 is 329 Å². The van der Waals surface area contributed by atoms with E-state index in [1.165, 1.54) is 64.4 Å². The third-order valence-electron chi connectivity index (χ3n) is 10.8. The summed E-state index contributed by atoms with van der Waals surface area (Å²) in [6, 6.07) is 53.4. The summed E-state index contributed by atoms with van der Waals surface area (Å²) in [6.45, 7) is 9.43. The number of hydrogen-bond donors (Lipinski definition) is 0. The van der Waals surface area contributed by atoms with Crippen molar-refractivity contribution in [2.24, 2.45) is 11.3 Å². The maximum absolute atomic E-state index is 6.59. The average Bonchev–Trinajstić information content (AvgIpc) is 3.75. The van der Waals surface area contributed by atoms with Crippen LogP contribution in [-0.4, -0.2) is 3.21 Å². The summed E-state index contributed by atoms with van der Waals surface area (Å²) in [5, 5.41) is 1.51. The van der Waals surface area contributed by atoms with Crippen molar-refractivity contribution in [3.63, 3.8) is 0 Å². The Bertz CT molecular complexity index is 2230. The fourth-order valence-corrected chi connectivity index (χ4v) is 18.1. The molecule has 0 bridgehead atoms. The normalized spacial score (nSPS) is 14.4. The van der Waals surface area contributed by atoms with E-state index in [1.807, 2.05) is 0 Å². The van der Waals surface area contributed by atoms with Crippen LogP contribution in [0.15, 0.2) is 167 Å². The van der Waals surface area contributed by atoms with Gasteiger partial charge in [0.15, 0.2) is 0 Å². The molecule has 0 aliphatic heterocycles. The van der Waals surface area contributed by atoms with Crippen molar-refractivity contribution in [1.82, 2.24) is 0 Å². The number of fused-ring (bicyclic) bond motifs is 3. The Kier molecular flexibility index (Phi) is 12.6. The number of hydrogen-bond acceptors (Lipinski definition) is 0. The Morgan fingerprint density at radius 1 is 0.574 bits per heavy atom. The number of halogens is 4. The van der Waals surface area contributed by atoms with Crippen molar-refractivity contribution in [3.05, 3.63) is 199 Å². The molecule has 2 aliphatic carbocycles. The zero-order chi connectivity index (χ0) is 36.0. The molecular formula is C49H42Cl4Zr. The minimum atomic E-state index is -3.10. The molecule has 1 unspecified atom stereocenters. The molecule has 0 radical (unpaired) electrons. The quantitative estimate of drug-likeness (QED) is 0.152. The molecule has 54 heavy (non-hydrogen) atoms. The van der Waals surface area contributed by atoms with Gasteiger partial charge in [-0.05, 0) is 0 Å². The van der Waals surface area contributed by atoms with E-state index >= 15 is 0 Å². The molecule has 6 aromatic rings. The van der Waals surface area contributed by atoms with E-state index in [0.29, 0.717) is 5.92 Å². The van der Waals surface area contributed by atoms with Crippen LogP contribution in [0.25, 0.3) is 33.4 Å². The summed E-state index contributed by atoms with van der Waals surface area (Å²) in [6.07, 6.45) is 6.30. The molecule has 1 atom stereocenters. The molecule has 6 aromatic carbocycles. The van der Waals surface area contributed by atoms with Gasteiger partial charge in [0.2, 0.25) is 0 Å². The number of rotatable bonds is 7. The maximum Gasteiger partial charge on any atom is -1.00 e.